The molecule has 0 amide bonds. The highest BCUT2D eigenvalue weighted by Crippen LogP contribution is 3.02. The summed E-state index contributed by atoms with van der Waals surface area (Å²) < 4.78 is 77.1. The maximum atomic E-state index is 13.4. The number of halogens is 5. The number of ether oxygens (including phenoxy) is 1. The van der Waals surface area contributed by atoms with Gasteiger partial charge in [0.05, 0.1) is 17.0 Å². The number of benzene rings is 2. The lowest BCUT2D eigenvalue weighted by molar-refractivity contribution is 0.0459. The van der Waals surface area contributed by atoms with E-state index in [1.54, 1.807) is 47.4 Å². The number of nitriles is 1. The molecule has 0 atom stereocenters. The van der Waals surface area contributed by atoms with Gasteiger partial charge in [0, 0.05) is 13.1 Å². The zero-order valence-electron chi connectivity index (χ0n) is 21.1. The maximum Gasteiger partial charge on any atom is 0.338 e. The highest BCUT2D eigenvalue weighted by atomic mass is 32.5. The lowest BCUT2D eigenvalue weighted by Gasteiger charge is -2.42. The van der Waals surface area contributed by atoms with Crippen molar-refractivity contribution in [2.45, 2.75) is 29.8 Å². The zero-order chi connectivity index (χ0) is 29.4. The van der Waals surface area contributed by atoms with E-state index in [1.807, 2.05) is 6.07 Å². The average Bonchev–Trinajstić information content (AvgIpc) is 3.45. The Morgan fingerprint density at radius 2 is 1.73 bits per heavy atom. The fraction of sp³-hybridized carbons (Fsp3) is 0.231. The van der Waals surface area contributed by atoms with Crippen molar-refractivity contribution >= 4 is 22.0 Å². The van der Waals surface area contributed by atoms with Crippen LogP contribution in [0.2, 0.25) is 0 Å². The molecule has 0 N–H and O–H groups in total. The third-order valence-corrected chi connectivity index (χ3v) is 7.81. The van der Waals surface area contributed by atoms with Gasteiger partial charge in [0.25, 0.3) is 5.89 Å². The van der Waals surface area contributed by atoms with Crippen molar-refractivity contribution in [2.75, 3.05) is 18.0 Å². The minimum absolute atomic E-state index is 0.0424. The van der Waals surface area contributed by atoms with Crippen molar-refractivity contribution in [1.29, 1.82) is 5.26 Å². The monoisotopic (exact) mass is 592 g/mol. The summed E-state index contributed by atoms with van der Waals surface area (Å²) in [7, 11) is -9.89. The zero-order valence-corrected chi connectivity index (χ0v) is 21.9. The van der Waals surface area contributed by atoms with Crippen LogP contribution in [0.3, 0.4) is 0 Å². The van der Waals surface area contributed by atoms with Gasteiger partial charge in [-0.2, -0.15) is 10.2 Å². The number of hydrogen-bond acceptors (Lipinski definition) is 9. The smallest absolute Gasteiger partial charge is 0.338 e. The highest BCUT2D eigenvalue weighted by Gasteiger charge is 2.65. The summed E-state index contributed by atoms with van der Waals surface area (Å²) in [5, 5.41) is 21.9. The first-order valence-corrected chi connectivity index (χ1v) is 14.1. The Labute approximate surface area is 230 Å². The van der Waals surface area contributed by atoms with E-state index in [2.05, 4.69) is 20.3 Å². The molecule has 0 radical (unpaired) electrons. The molecule has 41 heavy (non-hydrogen) atoms. The topological polar surface area (TPSA) is 118 Å². The molecule has 0 unspecified atom stereocenters. The molecule has 1 fully saturated rings. The van der Waals surface area contributed by atoms with Crippen LogP contribution in [0.25, 0.3) is 11.6 Å². The summed E-state index contributed by atoms with van der Waals surface area (Å²) in [6.07, 6.45) is 0.177. The Balaban J connectivity index is 1.23. The second-order valence-electron chi connectivity index (χ2n) is 9.41. The fourth-order valence-corrected chi connectivity index (χ4v) is 5.11. The quantitative estimate of drug-likeness (QED) is 0.173. The second kappa shape index (κ2) is 9.51. The van der Waals surface area contributed by atoms with Crippen molar-refractivity contribution in [3.63, 3.8) is 0 Å². The lowest BCUT2D eigenvalue weighted by atomic mass is 9.74. The van der Waals surface area contributed by atoms with Crippen molar-refractivity contribution in [3.05, 3.63) is 83.7 Å². The molecule has 1 aliphatic heterocycles. The summed E-state index contributed by atoms with van der Waals surface area (Å²) in [4.78, 5) is 16.0. The standard InChI is InChI=1S/C26H21F5N6O3S/c27-41(28,29,30,31)20-8-4-7-19(15-20)26(17-32)11-13-37(14-12-26)23-10-9-21(34-35-23)24-33-22(36-40-24)16-39-25(38)18-5-2-1-3-6-18/h1-10,15H,11-14,16H2. The molecule has 214 valence electrons. The number of nitrogens with zero attached hydrogens (tertiary/aromatic N) is 6. The van der Waals surface area contributed by atoms with Crippen molar-refractivity contribution in [2.24, 2.45) is 0 Å². The summed E-state index contributed by atoms with van der Waals surface area (Å²) in [6, 6.07) is 16.5. The Kier molecular flexibility index (Phi) is 6.49. The SMILES string of the molecule is N#CC1(c2cccc(S(F)(F)(F)(F)F)c2)CCN(c2ccc(-c3nc(COC(=O)c4ccccc4)no3)nn2)CC1. The first-order valence-electron chi connectivity index (χ1n) is 12.2. The summed E-state index contributed by atoms with van der Waals surface area (Å²) in [6.45, 7) is 0.224. The Hall–Kier alpha value is -4.58. The molecule has 5 rings (SSSR count). The van der Waals surface area contributed by atoms with Gasteiger partial charge in [-0.15, -0.1) is 10.2 Å². The van der Waals surface area contributed by atoms with Gasteiger partial charge in [0.15, 0.2) is 18.1 Å². The molecule has 0 saturated carbocycles. The average molecular weight is 593 g/mol. The molecule has 9 nitrogen and oxygen atoms in total. The van der Waals surface area contributed by atoms with Crippen molar-refractivity contribution < 1.29 is 33.5 Å². The van der Waals surface area contributed by atoms with Gasteiger partial charge in [-0.1, -0.05) is 54.9 Å². The number of esters is 1. The Morgan fingerprint density at radius 1 is 1.00 bits per heavy atom. The van der Waals surface area contributed by atoms with E-state index in [-0.39, 0.29) is 55.5 Å². The summed E-state index contributed by atoms with van der Waals surface area (Å²) in [5.74, 6) is 0.0435. The molecule has 3 heterocycles. The molecule has 2 aromatic carbocycles. The molecular weight excluding hydrogens is 571 g/mol. The van der Waals surface area contributed by atoms with E-state index in [1.165, 1.54) is 6.07 Å². The van der Waals surface area contributed by atoms with Crippen LogP contribution in [-0.4, -0.2) is 39.4 Å². The van der Waals surface area contributed by atoms with Crippen molar-refractivity contribution in [1.82, 2.24) is 20.3 Å². The minimum atomic E-state index is -9.89. The minimum Gasteiger partial charge on any atom is -0.454 e. The highest BCUT2D eigenvalue weighted by molar-refractivity contribution is 8.45. The third kappa shape index (κ3) is 6.12. The van der Waals surface area contributed by atoms with Crippen LogP contribution < -0.4 is 4.90 Å². The van der Waals surface area contributed by atoms with Crippen LogP contribution in [-0.2, 0) is 16.8 Å². The molecule has 0 aliphatic carbocycles. The van der Waals surface area contributed by atoms with E-state index in [0.717, 1.165) is 6.07 Å². The lowest BCUT2D eigenvalue weighted by Crippen LogP contribution is -2.42. The molecular formula is C26H21F5N6O3S. The van der Waals surface area contributed by atoms with Crippen LogP contribution in [0.5, 0.6) is 0 Å². The molecule has 1 saturated heterocycles. The van der Waals surface area contributed by atoms with E-state index in [0.29, 0.717) is 23.5 Å². The van der Waals surface area contributed by atoms with E-state index in [9.17, 15) is 29.5 Å². The number of carbonyl (C=O) groups excluding carboxylic acids is 1. The fourth-order valence-electron chi connectivity index (χ4n) is 4.43. The Bertz CT molecular complexity index is 1620. The van der Waals surface area contributed by atoms with Gasteiger partial charge in [-0.05, 0) is 54.8 Å². The molecule has 1 aliphatic rings. The first-order chi connectivity index (χ1) is 19.3. The van der Waals surface area contributed by atoms with Gasteiger partial charge >= 0.3 is 16.2 Å². The third-order valence-electron chi connectivity index (χ3n) is 6.67. The van der Waals surface area contributed by atoms with E-state index < -0.39 is 26.5 Å². The molecule has 4 aromatic rings. The molecule has 0 bridgehead atoms. The number of piperidine rings is 1. The number of anilines is 1. The van der Waals surface area contributed by atoms with Crippen LogP contribution in [0.4, 0.5) is 25.2 Å². The van der Waals surface area contributed by atoms with Gasteiger partial charge in [-0.3, -0.25) is 0 Å². The second-order valence-corrected chi connectivity index (χ2v) is 11.8. The van der Waals surface area contributed by atoms with Crippen molar-refractivity contribution in [3.8, 4) is 17.7 Å². The predicted molar refractivity (Wildman–Crippen MR) is 137 cm³/mol. The normalized spacial score (nSPS) is 16.7. The number of aromatic nitrogens is 4. The number of hydrogen-bond donors (Lipinski definition) is 0. The summed E-state index contributed by atoms with van der Waals surface area (Å²) >= 11 is 0. The first kappa shape index (κ1) is 28.0. The van der Waals surface area contributed by atoms with Gasteiger partial charge in [-0.25, -0.2) is 4.79 Å². The number of rotatable bonds is 7. The maximum absolute atomic E-state index is 13.4. The van der Waals surface area contributed by atoms with Crippen LogP contribution in [0.1, 0.15) is 34.6 Å². The summed E-state index contributed by atoms with van der Waals surface area (Å²) in [5.41, 5.74) is -0.848. The Morgan fingerprint density at radius 3 is 2.37 bits per heavy atom. The van der Waals surface area contributed by atoms with Crippen LogP contribution in [0.15, 0.2) is 76.1 Å². The largest absolute Gasteiger partial charge is 0.454 e. The van der Waals surface area contributed by atoms with Gasteiger partial charge in [0.1, 0.15) is 4.90 Å². The van der Waals surface area contributed by atoms with Gasteiger partial charge in [0.2, 0.25) is 5.82 Å². The van der Waals surface area contributed by atoms with Crippen LogP contribution >= 0.6 is 10.2 Å². The van der Waals surface area contributed by atoms with Crippen LogP contribution in [0, 0.1) is 11.3 Å². The van der Waals surface area contributed by atoms with E-state index in [4.69, 9.17) is 9.26 Å². The molecule has 2 aromatic heterocycles. The predicted octanol–water partition coefficient (Wildman–Crippen LogP) is 6.60. The molecule has 15 heteroatoms. The van der Waals surface area contributed by atoms with E-state index >= 15 is 0 Å². The molecule has 0 spiro atoms. The van der Waals surface area contributed by atoms with Gasteiger partial charge < -0.3 is 14.2 Å². The number of carbonyl (C=O) groups is 1.